The van der Waals surface area contributed by atoms with Crippen molar-refractivity contribution < 1.29 is 19.1 Å². The quantitative estimate of drug-likeness (QED) is 0.778. The van der Waals surface area contributed by atoms with Gasteiger partial charge in [-0.3, -0.25) is 14.5 Å². The number of para-hydroxylation sites is 1. The molecule has 1 heterocycles. The van der Waals surface area contributed by atoms with Gasteiger partial charge in [0, 0.05) is 18.0 Å². The largest absolute Gasteiger partial charge is 0.496 e. The molecule has 1 fully saturated rings. The highest BCUT2D eigenvalue weighted by molar-refractivity contribution is 6.35. The van der Waals surface area contributed by atoms with Gasteiger partial charge in [0.2, 0.25) is 0 Å². The predicted octanol–water partition coefficient (Wildman–Crippen LogP) is 3.34. The number of hydrogen-bond donors (Lipinski definition) is 1. The molecule has 4 amide bonds. The summed E-state index contributed by atoms with van der Waals surface area (Å²) < 4.78 is 5.32. The van der Waals surface area contributed by atoms with E-state index in [-0.39, 0.29) is 23.3 Å². The molecular weight excluding hydrogens is 394 g/mol. The SMILES string of the molecule is COc1ccccc1C(=O)NC[C@]1(c2ccccc2)CC[C@H](N2C(=O)C=NC2=O)CC1. The first-order chi connectivity index (χ1) is 15.0. The Morgan fingerprint density at radius 1 is 1.10 bits per heavy atom. The lowest BCUT2D eigenvalue weighted by atomic mass is 9.68. The average Bonchev–Trinajstić information content (AvgIpc) is 3.16. The van der Waals surface area contributed by atoms with Gasteiger partial charge in [-0.25, -0.2) is 4.79 Å². The van der Waals surface area contributed by atoms with Crippen LogP contribution in [-0.2, 0) is 10.2 Å². The lowest BCUT2D eigenvalue weighted by Crippen LogP contribution is -2.49. The molecule has 1 saturated carbocycles. The van der Waals surface area contributed by atoms with Crippen LogP contribution in [0.2, 0.25) is 0 Å². The van der Waals surface area contributed by atoms with Crippen molar-refractivity contribution in [3.63, 3.8) is 0 Å². The monoisotopic (exact) mass is 419 g/mol. The molecule has 0 bridgehead atoms. The Kier molecular flexibility index (Phi) is 5.84. The number of nitrogens with one attached hydrogen (secondary N) is 1. The van der Waals surface area contributed by atoms with Crippen LogP contribution in [0.4, 0.5) is 4.79 Å². The molecular formula is C24H25N3O4. The minimum Gasteiger partial charge on any atom is -0.496 e. The molecule has 7 heteroatoms. The van der Waals surface area contributed by atoms with Crippen LogP contribution < -0.4 is 10.1 Å². The molecule has 31 heavy (non-hydrogen) atoms. The molecule has 0 radical (unpaired) electrons. The van der Waals surface area contributed by atoms with Gasteiger partial charge in [0.15, 0.2) is 0 Å². The van der Waals surface area contributed by atoms with Crippen LogP contribution in [-0.4, -0.2) is 48.7 Å². The van der Waals surface area contributed by atoms with Gasteiger partial charge in [0.1, 0.15) is 5.75 Å². The van der Waals surface area contributed by atoms with E-state index >= 15 is 0 Å². The molecule has 160 valence electrons. The molecule has 4 rings (SSSR count). The third kappa shape index (κ3) is 4.08. The van der Waals surface area contributed by atoms with E-state index in [4.69, 9.17) is 4.74 Å². The maximum absolute atomic E-state index is 12.9. The summed E-state index contributed by atoms with van der Waals surface area (Å²) in [5.41, 5.74) is 1.36. The number of nitrogens with zero attached hydrogens (tertiary/aromatic N) is 2. The van der Waals surface area contributed by atoms with Gasteiger partial charge in [-0.05, 0) is 43.4 Å². The van der Waals surface area contributed by atoms with E-state index in [1.54, 1.807) is 19.2 Å². The van der Waals surface area contributed by atoms with Crippen LogP contribution in [0.5, 0.6) is 5.75 Å². The highest BCUT2D eigenvalue weighted by Crippen LogP contribution is 2.41. The second kappa shape index (κ2) is 8.71. The fourth-order valence-electron chi connectivity index (χ4n) is 4.61. The first-order valence-electron chi connectivity index (χ1n) is 10.4. The molecule has 0 atom stereocenters. The highest BCUT2D eigenvalue weighted by Gasteiger charge is 2.42. The van der Waals surface area contributed by atoms with Crippen LogP contribution in [0.3, 0.4) is 0 Å². The molecule has 1 aliphatic carbocycles. The zero-order valence-corrected chi connectivity index (χ0v) is 17.4. The van der Waals surface area contributed by atoms with Crippen LogP contribution in [0.15, 0.2) is 59.6 Å². The van der Waals surface area contributed by atoms with Crippen LogP contribution in [0.25, 0.3) is 0 Å². The van der Waals surface area contributed by atoms with Crippen LogP contribution in [0, 0.1) is 0 Å². The lowest BCUT2D eigenvalue weighted by Gasteiger charge is -2.42. The van der Waals surface area contributed by atoms with E-state index in [1.807, 2.05) is 30.3 Å². The fourth-order valence-corrected chi connectivity index (χ4v) is 4.61. The van der Waals surface area contributed by atoms with Crippen molar-refractivity contribution in [1.82, 2.24) is 10.2 Å². The second-order valence-electron chi connectivity index (χ2n) is 8.01. The summed E-state index contributed by atoms with van der Waals surface area (Å²) in [7, 11) is 1.55. The number of benzene rings is 2. The van der Waals surface area contributed by atoms with E-state index in [9.17, 15) is 14.4 Å². The third-order valence-electron chi connectivity index (χ3n) is 6.33. The number of hydrogen-bond acceptors (Lipinski definition) is 4. The first-order valence-corrected chi connectivity index (χ1v) is 10.4. The third-order valence-corrected chi connectivity index (χ3v) is 6.33. The molecule has 0 aromatic heterocycles. The van der Waals surface area contributed by atoms with Gasteiger partial charge < -0.3 is 10.1 Å². The zero-order valence-electron chi connectivity index (χ0n) is 17.4. The minimum absolute atomic E-state index is 0.163. The Bertz CT molecular complexity index is 992. The van der Waals surface area contributed by atoms with Gasteiger partial charge >= 0.3 is 6.03 Å². The van der Waals surface area contributed by atoms with Gasteiger partial charge in [0.05, 0.1) is 18.9 Å². The van der Waals surface area contributed by atoms with Crippen molar-refractivity contribution in [3.05, 3.63) is 65.7 Å². The summed E-state index contributed by atoms with van der Waals surface area (Å²) in [6.45, 7) is 0.457. The lowest BCUT2D eigenvalue weighted by molar-refractivity contribution is -0.122. The maximum atomic E-state index is 12.9. The first kappa shape index (κ1) is 20.8. The number of urea groups is 1. The average molecular weight is 419 g/mol. The molecule has 1 aliphatic heterocycles. The van der Waals surface area contributed by atoms with Crippen LogP contribution >= 0.6 is 0 Å². The van der Waals surface area contributed by atoms with E-state index in [0.717, 1.165) is 24.6 Å². The number of aliphatic imine (C=N–C) groups is 1. The van der Waals surface area contributed by atoms with Crippen molar-refractivity contribution >= 4 is 24.1 Å². The molecule has 0 spiro atoms. The Balaban J connectivity index is 1.52. The Labute approximate surface area is 181 Å². The molecule has 1 N–H and O–H groups in total. The number of methoxy groups -OCH3 is 1. The molecule has 2 aromatic rings. The number of rotatable bonds is 6. The highest BCUT2D eigenvalue weighted by atomic mass is 16.5. The van der Waals surface area contributed by atoms with Gasteiger partial charge in [-0.2, -0.15) is 4.99 Å². The summed E-state index contributed by atoms with van der Waals surface area (Å²) in [6.07, 6.45) is 3.91. The van der Waals surface area contributed by atoms with E-state index in [1.165, 1.54) is 4.90 Å². The molecule has 0 unspecified atom stereocenters. The smallest absolute Gasteiger partial charge is 0.350 e. The number of ether oxygens (including phenoxy) is 1. The normalized spacial score (nSPS) is 23.1. The number of carbonyl (C=O) groups is 3. The van der Waals surface area contributed by atoms with Gasteiger partial charge in [-0.15, -0.1) is 0 Å². The number of amides is 4. The molecule has 7 nitrogen and oxygen atoms in total. The van der Waals surface area contributed by atoms with Gasteiger partial charge in [-0.1, -0.05) is 42.5 Å². The topological polar surface area (TPSA) is 88.1 Å². The second-order valence-corrected chi connectivity index (χ2v) is 8.01. The summed E-state index contributed by atoms with van der Waals surface area (Å²) >= 11 is 0. The van der Waals surface area contributed by atoms with Crippen molar-refractivity contribution in [1.29, 1.82) is 0 Å². The van der Waals surface area contributed by atoms with E-state index in [2.05, 4.69) is 22.4 Å². The summed E-state index contributed by atoms with van der Waals surface area (Å²) in [4.78, 5) is 41.8. The zero-order chi connectivity index (χ0) is 21.8. The summed E-state index contributed by atoms with van der Waals surface area (Å²) in [5.74, 6) is 0.00314. The summed E-state index contributed by atoms with van der Waals surface area (Å²) in [6, 6.07) is 16.6. The van der Waals surface area contributed by atoms with Crippen molar-refractivity contribution in [2.24, 2.45) is 4.99 Å². The molecule has 2 aliphatic rings. The molecule has 0 saturated heterocycles. The Morgan fingerprint density at radius 2 is 1.77 bits per heavy atom. The van der Waals surface area contributed by atoms with Crippen LogP contribution in [0.1, 0.15) is 41.6 Å². The van der Waals surface area contributed by atoms with E-state index in [0.29, 0.717) is 30.7 Å². The van der Waals surface area contributed by atoms with Crippen molar-refractivity contribution in [2.75, 3.05) is 13.7 Å². The molecule has 2 aromatic carbocycles. The maximum Gasteiger partial charge on any atom is 0.350 e. The Hall–Kier alpha value is -3.48. The van der Waals surface area contributed by atoms with Crippen molar-refractivity contribution in [2.45, 2.75) is 37.1 Å². The number of imide groups is 1. The predicted molar refractivity (Wildman–Crippen MR) is 116 cm³/mol. The standard InChI is InChI=1S/C24H25N3O4/c1-31-20-10-6-5-9-19(20)22(29)26-16-24(17-7-3-2-4-8-17)13-11-18(12-14-24)27-21(28)15-25-23(27)30/h2-10,15,18H,11-14,16H2,1H3,(H,26,29)/t18-,24-. The Morgan fingerprint density at radius 3 is 2.42 bits per heavy atom. The number of carbonyl (C=O) groups excluding carboxylic acids is 3. The van der Waals surface area contributed by atoms with Crippen molar-refractivity contribution in [3.8, 4) is 5.75 Å². The van der Waals surface area contributed by atoms with Gasteiger partial charge in [0.25, 0.3) is 11.8 Å². The minimum atomic E-state index is -0.480. The van der Waals surface area contributed by atoms with E-state index < -0.39 is 6.03 Å². The summed E-state index contributed by atoms with van der Waals surface area (Å²) in [5, 5.41) is 3.09. The fraction of sp³-hybridized carbons (Fsp3) is 0.333.